The number of amides is 1. The molecule has 0 aliphatic heterocycles. The lowest BCUT2D eigenvalue weighted by atomic mass is 10.1. The normalized spacial score (nSPS) is 12.3. The first-order valence-corrected chi connectivity index (χ1v) is 6.31. The number of aliphatic carboxylic acids is 1. The molecule has 20 heavy (non-hydrogen) atoms. The van der Waals surface area contributed by atoms with Crippen LogP contribution >= 0.6 is 0 Å². The highest BCUT2D eigenvalue weighted by molar-refractivity contribution is 5.89. The van der Waals surface area contributed by atoms with E-state index in [1.807, 2.05) is 31.3 Å². The lowest BCUT2D eigenvalue weighted by Gasteiger charge is -2.21. The van der Waals surface area contributed by atoms with Gasteiger partial charge in [-0.15, -0.1) is 0 Å². The Morgan fingerprint density at radius 1 is 1.40 bits per heavy atom. The summed E-state index contributed by atoms with van der Waals surface area (Å²) in [5.41, 5.74) is 1.61. The van der Waals surface area contributed by atoms with Crippen molar-refractivity contribution in [3.05, 3.63) is 30.0 Å². The Morgan fingerprint density at radius 3 is 2.70 bits per heavy atom. The topological polar surface area (TPSA) is 75.4 Å². The average molecular weight is 275 g/mol. The van der Waals surface area contributed by atoms with Gasteiger partial charge in [-0.1, -0.05) is 18.2 Å². The summed E-state index contributed by atoms with van der Waals surface area (Å²) >= 11 is 0. The zero-order chi connectivity index (χ0) is 14.9. The maximum atomic E-state index is 12.1. The third-order valence-electron chi connectivity index (χ3n) is 3.48. The van der Waals surface area contributed by atoms with E-state index < -0.39 is 12.0 Å². The van der Waals surface area contributed by atoms with Crippen LogP contribution < -0.4 is 0 Å². The number of carboxylic acid groups (broad SMARTS) is 1. The molecule has 1 heterocycles. The number of benzene rings is 1. The molecule has 106 valence electrons. The van der Waals surface area contributed by atoms with E-state index in [4.69, 9.17) is 5.11 Å². The zero-order valence-corrected chi connectivity index (χ0v) is 11.7. The summed E-state index contributed by atoms with van der Waals surface area (Å²) in [6, 6.07) is 6.79. The Morgan fingerprint density at radius 2 is 2.05 bits per heavy atom. The first kappa shape index (κ1) is 14.0. The number of hydrogen-bond acceptors (Lipinski definition) is 3. The standard InChI is InChI=1S/C14H17N3O3/c1-9(14(19)20)16(2)13(18)8-11-10-6-4-5-7-12(10)17(3)15-11/h4-7,9H,8H2,1-3H3,(H,19,20). The summed E-state index contributed by atoms with van der Waals surface area (Å²) < 4.78 is 1.72. The maximum absolute atomic E-state index is 12.1. The quantitative estimate of drug-likeness (QED) is 0.905. The lowest BCUT2D eigenvalue weighted by Crippen LogP contribution is -2.41. The monoisotopic (exact) mass is 275 g/mol. The molecule has 0 radical (unpaired) electrons. The second-order valence-electron chi connectivity index (χ2n) is 4.78. The first-order valence-electron chi connectivity index (χ1n) is 6.31. The van der Waals surface area contributed by atoms with Crippen molar-refractivity contribution < 1.29 is 14.7 Å². The van der Waals surface area contributed by atoms with E-state index in [2.05, 4.69) is 5.10 Å². The van der Waals surface area contributed by atoms with Crippen LogP contribution in [-0.4, -0.2) is 44.8 Å². The molecule has 1 aromatic heterocycles. The van der Waals surface area contributed by atoms with Crippen LogP contribution in [0.5, 0.6) is 0 Å². The van der Waals surface area contributed by atoms with Crippen LogP contribution in [0.1, 0.15) is 12.6 Å². The minimum Gasteiger partial charge on any atom is -0.480 e. The number of carboxylic acids is 1. The Bertz CT molecular complexity index is 663. The third-order valence-corrected chi connectivity index (χ3v) is 3.48. The molecule has 1 aromatic carbocycles. The van der Waals surface area contributed by atoms with E-state index in [-0.39, 0.29) is 12.3 Å². The number of nitrogens with zero attached hydrogens (tertiary/aromatic N) is 3. The SMILES string of the molecule is CC(C(=O)O)N(C)C(=O)Cc1nn(C)c2ccccc12. The summed E-state index contributed by atoms with van der Waals surface area (Å²) in [7, 11) is 3.31. The van der Waals surface area contributed by atoms with Gasteiger partial charge in [-0.25, -0.2) is 4.79 Å². The molecule has 1 unspecified atom stereocenters. The van der Waals surface area contributed by atoms with Crippen molar-refractivity contribution in [2.45, 2.75) is 19.4 Å². The van der Waals surface area contributed by atoms with Gasteiger partial charge in [-0.2, -0.15) is 5.10 Å². The van der Waals surface area contributed by atoms with Gasteiger partial charge in [-0.3, -0.25) is 9.48 Å². The Kier molecular flexibility index (Phi) is 3.74. The van der Waals surface area contributed by atoms with Crippen LogP contribution in [0.25, 0.3) is 10.9 Å². The summed E-state index contributed by atoms with van der Waals surface area (Å²) in [6.07, 6.45) is 0.0927. The van der Waals surface area contributed by atoms with Crippen molar-refractivity contribution in [1.29, 1.82) is 0 Å². The summed E-state index contributed by atoms with van der Waals surface area (Å²) in [5.74, 6) is -1.28. The molecule has 0 aliphatic rings. The Labute approximate surface area is 116 Å². The lowest BCUT2D eigenvalue weighted by molar-refractivity contribution is -0.148. The molecule has 1 atom stereocenters. The zero-order valence-electron chi connectivity index (χ0n) is 11.7. The number of fused-ring (bicyclic) bond motifs is 1. The molecule has 0 spiro atoms. The van der Waals surface area contributed by atoms with Gasteiger partial charge in [0.15, 0.2) is 0 Å². The number of hydrogen-bond donors (Lipinski definition) is 1. The molecular formula is C14H17N3O3. The van der Waals surface area contributed by atoms with Gasteiger partial charge in [0.1, 0.15) is 6.04 Å². The van der Waals surface area contributed by atoms with E-state index in [0.717, 1.165) is 10.9 Å². The molecule has 2 aromatic rings. The number of para-hydroxylation sites is 1. The van der Waals surface area contributed by atoms with Gasteiger partial charge in [0.2, 0.25) is 5.91 Å². The molecule has 0 saturated heterocycles. The Balaban J connectivity index is 2.24. The van der Waals surface area contributed by atoms with Crippen molar-refractivity contribution in [3.8, 4) is 0 Å². The summed E-state index contributed by atoms with van der Waals surface area (Å²) in [4.78, 5) is 24.3. The van der Waals surface area contributed by atoms with Gasteiger partial charge < -0.3 is 10.0 Å². The van der Waals surface area contributed by atoms with Gasteiger partial charge in [0.05, 0.1) is 17.6 Å². The molecule has 0 fully saturated rings. The number of aryl methyl sites for hydroxylation is 1. The predicted molar refractivity (Wildman–Crippen MR) is 74.3 cm³/mol. The second kappa shape index (κ2) is 5.32. The molecule has 0 bridgehead atoms. The largest absolute Gasteiger partial charge is 0.480 e. The molecule has 0 aliphatic carbocycles. The summed E-state index contributed by atoms with van der Waals surface area (Å²) in [5, 5.41) is 14.2. The minimum atomic E-state index is -1.02. The smallest absolute Gasteiger partial charge is 0.326 e. The van der Waals surface area contributed by atoms with Crippen LogP contribution in [0.15, 0.2) is 24.3 Å². The van der Waals surface area contributed by atoms with E-state index >= 15 is 0 Å². The fourth-order valence-electron chi connectivity index (χ4n) is 2.07. The fourth-order valence-corrected chi connectivity index (χ4v) is 2.07. The first-order chi connectivity index (χ1) is 9.41. The van der Waals surface area contributed by atoms with Crippen LogP contribution in [0.2, 0.25) is 0 Å². The Hall–Kier alpha value is -2.37. The number of aromatic nitrogens is 2. The highest BCUT2D eigenvalue weighted by atomic mass is 16.4. The van der Waals surface area contributed by atoms with Crippen molar-refractivity contribution in [3.63, 3.8) is 0 Å². The van der Waals surface area contributed by atoms with Crippen LogP contribution in [0, 0.1) is 0 Å². The number of rotatable bonds is 4. The van der Waals surface area contributed by atoms with E-state index in [0.29, 0.717) is 5.69 Å². The van der Waals surface area contributed by atoms with Gasteiger partial charge >= 0.3 is 5.97 Å². The van der Waals surface area contributed by atoms with E-state index in [9.17, 15) is 9.59 Å². The maximum Gasteiger partial charge on any atom is 0.326 e. The summed E-state index contributed by atoms with van der Waals surface area (Å²) in [6.45, 7) is 1.48. The minimum absolute atomic E-state index is 0.0927. The second-order valence-corrected chi connectivity index (χ2v) is 4.78. The predicted octanol–water partition coefficient (Wildman–Crippen LogP) is 1.05. The number of likely N-dealkylation sites (N-methyl/N-ethyl adjacent to an activating group) is 1. The van der Waals surface area contributed by atoms with Crippen molar-refractivity contribution in [2.75, 3.05) is 7.05 Å². The molecule has 0 saturated carbocycles. The molecular weight excluding hydrogens is 258 g/mol. The third kappa shape index (κ3) is 2.49. The van der Waals surface area contributed by atoms with Gasteiger partial charge in [0.25, 0.3) is 0 Å². The number of carbonyl (C=O) groups excluding carboxylic acids is 1. The molecule has 2 rings (SSSR count). The van der Waals surface area contributed by atoms with Crippen LogP contribution in [-0.2, 0) is 23.1 Å². The van der Waals surface area contributed by atoms with E-state index in [1.165, 1.54) is 18.9 Å². The average Bonchev–Trinajstić information content (AvgIpc) is 2.74. The van der Waals surface area contributed by atoms with Crippen LogP contribution in [0.3, 0.4) is 0 Å². The van der Waals surface area contributed by atoms with E-state index in [1.54, 1.807) is 4.68 Å². The van der Waals surface area contributed by atoms with Gasteiger partial charge in [-0.05, 0) is 13.0 Å². The fraction of sp³-hybridized carbons (Fsp3) is 0.357. The number of carbonyl (C=O) groups is 2. The van der Waals surface area contributed by atoms with Crippen molar-refractivity contribution in [1.82, 2.24) is 14.7 Å². The molecule has 6 heteroatoms. The van der Waals surface area contributed by atoms with Crippen molar-refractivity contribution >= 4 is 22.8 Å². The van der Waals surface area contributed by atoms with Gasteiger partial charge in [0, 0.05) is 19.5 Å². The molecule has 6 nitrogen and oxygen atoms in total. The van der Waals surface area contributed by atoms with Crippen molar-refractivity contribution in [2.24, 2.45) is 7.05 Å². The highest BCUT2D eigenvalue weighted by Gasteiger charge is 2.23. The van der Waals surface area contributed by atoms with Crippen LogP contribution in [0.4, 0.5) is 0 Å². The molecule has 1 amide bonds. The highest BCUT2D eigenvalue weighted by Crippen LogP contribution is 2.18. The molecule has 1 N–H and O–H groups in total.